The van der Waals surface area contributed by atoms with Crippen molar-refractivity contribution in [3.05, 3.63) is 35.0 Å². The molecule has 6 nitrogen and oxygen atoms in total. The van der Waals surface area contributed by atoms with E-state index in [0.717, 1.165) is 40.1 Å². The fourth-order valence-electron chi connectivity index (χ4n) is 4.06. The van der Waals surface area contributed by atoms with E-state index in [9.17, 15) is 4.79 Å². The molecule has 2 fully saturated rings. The van der Waals surface area contributed by atoms with Crippen molar-refractivity contribution in [2.75, 3.05) is 6.54 Å². The summed E-state index contributed by atoms with van der Waals surface area (Å²) in [5, 5.41) is 17.8. The quantitative estimate of drug-likeness (QED) is 0.662. The van der Waals surface area contributed by atoms with E-state index in [1.165, 1.54) is 6.42 Å². The van der Waals surface area contributed by atoms with Crippen molar-refractivity contribution < 1.29 is 4.79 Å². The molecule has 136 valence electrons. The summed E-state index contributed by atoms with van der Waals surface area (Å²) in [6.07, 6.45) is 2.19. The Morgan fingerprint density at radius 3 is 2.92 bits per heavy atom. The van der Waals surface area contributed by atoms with Crippen LogP contribution in [0.15, 0.2) is 23.6 Å². The van der Waals surface area contributed by atoms with Gasteiger partial charge in [-0.1, -0.05) is 13.5 Å². The van der Waals surface area contributed by atoms with Crippen LogP contribution in [0.5, 0.6) is 0 Å². The minimum Gasteiger partial charge on any atom is -0.348 e. The Kier molecular flexibility index (Phi) is 4.28. The van der Waals surface area contributed by atoms with Crippen molar-refractivity contribution in [1.82, 2.24) is 25.8 Å². The van der Waals surface area contributed by atoms with Gasteiger partial charge in [0.1, 0.15) is 5.01 Å². The zero-order valence-corrected chi connectivity index (χ0v) is 14.7. The first-order chi connectivity index (χ1) is 12.2. The number of piperidine rings is 1. The zero-order valence-electron chi connectivity index (χ0n) is 13.9. The Morgan fingerprint density at radius 1 is 1.35 bits per heavy atom. The smallest absolute Gasteiger partial charge is 0.272 e. The number of thiazole rings is 1. The van der Waals surface area contributed by atoms with E-state index in [-0.39, 0.29) is 19.4 Å². The summed E-state index contributed by atoms with van der Waals surface area (Å²) in [6, 6.07) is 6.81. The highest BCUT2D eigenvalue weighted by atomic mass is 32.1. The molecule has 5 rings (SSSR count). The summed E-state index contributed by atoms with van der Waals surface area (Å²) in [7, 11) is 0. The van der Waals surface area contributed by atoms with E-state index in [1.807, 2.05) is 30.5 Å². The predicted molar refractivity (Wildman–Crippen MR) is 104 cm³/mol. The lowest BCUT2D eigenvalue weighted by atomic mass is 10.0. The second kappa shape index (κ2) is 6.48. The third kappa shape index (κ3) is 2.81. The molecular formula is C19H23N5OS. The highest BCUT2D eigenvalue weighted by Crippen LogP contribution is 2.32. The maximum Gasteiger partial charge on any atom is 0.272 e. The second-order valence-corrected chi connectivity index (χ2v) is 7.90. The van der Waals surface area contributed by atoms with E-state index in [1.54, 1.807) is 11.3 Å². The number of aromatic nitrogens is 3. The molecule has 3 N–H and O–H groups in total. The highest BCUT2D eigenvalue weighted by Gasteiger charge is 2.40. The van der Waals surface area contributed by atoms with Gasteiger partial charge in [-0.3, -0.25) is 9.89 Å². The van der Waals surface area contributed by atoms with E-state index >= 15 is 0 Å². The van der Waals surface area contributed by atoms with Crippen molar-refractivity contribution in [3.63, 3.8) is 0 Å². The molecule has 2 aromatic heterocycles. The van der Waals surface area contributed by atoms with E-state index in [2.05, 4.69) is 25.8 Å². The normalized spacial score (nSPS) is 24.0. The molecule has 1 amide bonds. The van der Waals surface area contributed by atoms with Gasteiger partial charge in [0.25, 0.3) is 5.91 Å². The van der Waals surface area contributed by atoms with Gasteiger partial charge < -0.3 is 10.6 Å². The Balaban J connectivity index is 0.00000168. The molecular weight excluding hydrogens is 346 g/mol. The molecule has 3 atom stereocenters. The van der Waals surface area contributed by atoms with Gasteiger partial charge in [0.2, 0.25) is 0 Å². The number of aromatic amines is 1. The van der Waals surface area contributed by atoms with Gasteiger partial charge in [-0.2, -0.15) is 5.10 Å². The van der Waals surface area contributed by atoms with Crippen LogP contribution in [0, 0.1) is 12.8 Å². The van der Waals surface area contributed by atoms with Crippen LogP contribution < -0.4 is 10.6 Å². The lowest BCUT2D eigenvalue weighted by Gasteiger charge is -2.23. The number of carbonyl (C=O) groups excluding carboxylic acids is 1. The van der Waals surface area contributed by atoms with Crippen molar-refractivity contribution in [2.45, 2.75) is 39.3 Å². The van der Waals surface area contributed by atoms with Crippen LogP contribution in [0.3, 0.4) is 0 Å². The van der Waals surface area contributed by atoms with Crippen LogP contribution in [0.2, 0.25) is 0 Å². The lowest BCUT2D eigenvalue weighted by molar-refractivity contribution is 0.0921. The average Bonchev–Trinajstić information content (AvgIpc) is 3.37. The fourth-order valence-corrected chi connectivity index (χ4v) is 4.86. The van der Waals surface area contributed by atoms with Gasteiger partial charge >= 0.3 is 0 Å². The molecule has 0 radical (unpaired) electrons. The minimum atomic E-state index is -0.0818. The van der Waals surface area contributed by atoms with Gasteiger partial charge in [0.15, 0.2) is 5.69 Å². The molecule has 26 heavy (non-hydrogen) atoms. The number of rotatable bonds is 3. The number of hydrogen-bond donors (Lipinski definition) is 3. The van der Waals surface area contributed by atoms with Crippen LogP contribution in [-0.4, -0.2) is 39.7 Å². The van der Waals surface area contributed by atoms with Crippen LogP contribution in [0.25, 0.3) is 21.5 Å². The highest BCUT2D eigenvalue weighted by molar-refractivity contribution is 7.13. The largest absolute Gasteiger partial charge is 0.348 e. The third-order valence-electron chi connectivity index (χ3n) is 5.32. The summed E-state index contributed by atoms with van der Waals surface area (Å²) >= 11 is 1.62. The number of benzene rings is 1. The van der Waals surface area contributed by atoms with Gasteiger partial charge in [-0.25, -0.2) is 4.98 Å². The maximum absolute atomic E-state index is 12.7. The summed E-state index contributed by atoms with van der Waals surface area (Å²) < 4.78 is 0. The van der Waals surface area contributed by atoms with Crippen LogP contribution in [-0.2, 0) is 0 Å². The number of carbonyl (C=O) groups is 1. The van der Waals surface area contributed by atoms with Crippen molar-refractivity contribution in [3.8, 4) is 10.6 Å². The Hall–Kier alpha value is -2.25. The van der Waals surface area contributed by atoms with Crippen LogP contribution >= 0.6 is 11.3 Å². The number of hydrogen-bond acceptors (Lipinski definition) is 5. The zero-order chi connectivity index (χ0) is 17.0. The van der Waals surface area contributed by atoms with Gasteiger partial charge in [0.05, 0.1) is 5.52 Å². The number of nitrogens with zero attached hydrogens (tertiary/aromatic N) is 2. The maximum atomic E-state index is 12.7. The van der Waals surface area contributed by atoms with Crippen LogP contribution in [0.4, 0.5) is 0 Å². The number of amides is 1. The molecule has 7 heteroatoms. The van der Waals surface area contributed by atoms with E-state index < -0.39 is 0 Å². The van der Waals surface area contributed by atoms with E-state index in [0.29, 0.717) is 17.7 Å². The summed E-state index contributed by atoms with van der Waals surface area (Å²) in [5.41, 5.74) is 3.41. The molecule has 1 saturated carbocycles. The molecule has 1 saturated heterocycles. The van der Waals surface area contributed by atoms with Crippen molar-refractivity contribution in [2.24, 2.45) is 5.92 Å². The Labute approximate surface area is 156 Å². The first-order valence-electron chi connectivity index (χ1n) is 8.62. The molecule has 2 bridgehead atoms. The third-order valence-corrected chi connectivity index (χ3v) is 6.33. The SMILES string of the molecule is C.Cc1csc(-c2ccc3c(C(=O)N[C@@H]4C[C@@H]5C[C@H]4CN5)n[nH]c3c2)n1. The first-order valence-corrected chi connectivity index (χ1v) is 9.50. The molecule has 3 heterocycles. The first kappa shape index (κ1) is 17.2. The van der Waals surface area contributed by atoms with Crippen molar-refractivity contribution in [1.29, 1.82) is 0 Å². The predicted octanol–water partition coefficient (Wildman–Crippen LogP) is 3.11. The fraction of sp³-hybridized carbons (Fsp3) is 0.421. The molecule has 1 aliphatic heterocycles. The number of nitrogens with one attached hydrogen (secondary N) is 3. The van der Waals surface area contributed by atoms with Crippen molar-refractivity contribution >= 4 is 28.1 Å². The lowest BCUT2D eigenvalue weighted by Crippen LogP contribution is -2.44. The minimum absolute atomic E-state index is 0. The number of aryl methyl sites for hydroxylation is 1. The van der Waals surface area contributed by atoms with Gasteiger partial charge in [-0.05, 0) is 37.8 Å². The topological polar surface area (TPSA) is 82.7 Å². The monoisotopic (exact) mass is 369 g/mol. The average molecular weight is 369 g/mol. The molecule has 1 aromatic carbocycles. The second-order valence-electron chi connectivity index (χ2n) is 7.04. The number of fused-ring (bicyclic) bond motifs is 3. The summed E-state index contributed by atoms with van der Waals surface area (Å²) in [4.78, 5) is 17.2. The standard InChI is InChI=1S/C18H19N5OS.CH4/c1-9-8-25-18(20-9)10-2-3-13-15(5-10)22-23-16(13)17(24)21-14-6-12-4-11(14)7-19-12;/h2-3,5,8,11-12,14,19H,4,6-7H2,1H3,(H,21,24)(H,22,23);1H4/t11-,12-,14+;/m0./s1. The summed E-state index contributed by atoms with van der Waals surface area (Å²) in [5.74, 6) is 0.473. The summed E-state index contributed by atoms with van der Waals surface area (Å²) in [6.45, 7) is 3.00. The Morgan fingerprint density at radius 2 is 2.23 bits per heavy atom. The number of H-pyrrole nitrogens is 1. The molecule has 1 aliphatic carbocycles. The molecule has 2 aliphatic rings. The van der Waals surface area contributed by atoms with Crippen LogP contribution in [0.1, 0.15) is 36.5 Å². The molecule has 3 aromatic rings. The van der Waals surface area contributed by atoms with E-state index in [4.69, 9.17) is 0 Å². The molecule has 0 unspecified atom stereocenters. The van der Waals surface area contributed by atoms with Gasteiger partial charge in [0, 0.05) is 40.7 Å². The Bertz CT molecular complexity index is 962. The molecule has 0 spiro atoms. The van der Waals surface area contributed by atoms with Gasteiger partial charge in [-0.15, -0.1) is 11.3 Å².